The zero-order valence-corrected chi connectivity index (χ0v) is 9.94. The van der Waals surface area contributed by atoms with Gasteiger partial charge in [0, 0.05) is 31.9 Å². The van der Waals surface area contributed by atoms with Crippen LogP contribution in [0.2, 0.25) is 0 Å². The molecule has 94 valence electrons. The molecular formula is C12H18N2O3. The highest BCUT2D eigenvalue weighted by Crippen LogP contribution is 2.17. The van der Waals surface area contributed by atoms with Gasteiger partial charge in [0.25, 0.3) is 0 Å². The molecule has 0 aliphatic carbocycles. The Balaban J connectivity index is 2.45. The fourth-order valence-corrected chi connectivity index (χ4v) is 1.27. The molecule has 0 bridgehead atoms. The predicted octanol–water partition coefficient (Wildman–Crippen LogP) is 0.999. The van der Waals surface area contributed by atoms with E-state index < -0.39 is 0 Å². The summed E-state index contributed by atoms with van der Waals surface area (Å²) in [5.74, 6) is 0.498. The van der Waals surface area contributed by atoms with Crippen molar-refractivity contribution in [2.75, 3.05) is 32.2 Å². The van der Waals surface area contributed by atoms with Crippen LogP contribution in [0.1, 0.15) is 6.42 Å². The molecule has 1 aromatic rings. The summed E-state index contributed by atoms with van der Waals surface area (Å²) < 4.78 is 10.4. The molecule has 5 nitrogen and oxygen atoms in total. The summed E-state index contributed by atoms with van der Waals surface area (Å²) in [6.45, 7) is 1.23. The first-order valence-corrected chi connectivity index (χ1v) is 5.48. The third kappa shape index (κ3) is 5.33. The Morgan fingerprint density at radius 2 is 2.24 bits per heavy atom. The van der Waals surface area contributed by atoms with E-state index in [1.165, 1.54) is 0 Å². The van der Waals surface area contributed by atoms with Crippen molar-refractivity contribution >= 4 is 11.6 Å². The average Bonchev–Trinajstić information content (AvgIpc) is 2.35. The molecule has 0 atom stereocenters. The molecule has 0 saturated carbocycles. The maximum absolute atomic E-state index is 11.1. The van der Waals surface area contributed by atoms with Crippen LogP contribution in [-0.4, -0.2) is 32.8 Å². The standard InChI is InChI=1S/C12H18N2O3/c1-16-6-3-7-17-11-5-2-4-10(8-11)14-12(15)9-13/h2,4-5,8H,3,6-7,9,13H2,1H3,(H,14,15). The van der Waals surface area contributed by atoms with Crippen LogP contribution in [0.3, 0.4) is 0 Å². The number of nitrogens with one attached hydrogen (secondary N) is 1. The van der Waals surface area contributed by atoms with Crippen molar-refractivity contribution in [1.82, 2.24) is 0 Å². The molecule has 0 aromatic heterocycles. The lowest BCUT2D eigenvalue weighted by molar-refractivity contribution is -0.114. The molecule has 5 heteroatoms. The van der Waals surface area contributed by atoms with Crippen molar-refractivity contribution in [2.24, 2.45) is 5.73 Å². The van der Waals surface area contributed by atoms with Crippen LogP contribution < -0.4 is 15.8 Å². The van der Waals surface area contributed by atoms with Gasteiger partial charge in [-0.05, 0) is 12.1 Å². The van der Waals surface area contributed by atoms with Crippen LogP contribution in [0.25, 0.3) is 0 Å². The first kappa shape index (κ1) is 13.5. The number of methoxy groups -OCH3 is 1. The molecule has 0 heterocycles. The van der Waals surface area contributed by atoms with Gasteiger partial charge in [-0.3, -0.25) is 4.79 Å². The highest BCUT2D eigenvalue weighted by molar-refractivity contribution is 5.92. The summed E-state index contributed by atoms with van der Waals surface area (Å²) in [7, 11) is 1.66. The van der Waals surface area contributed by atoms with Gasteiger partial charge in [0.15, 0.2) is 0 Å². The minimum Gasteiger partial charge on any atom is -0.493 e. The Bertz CT molecular complexity index is 355. The topological polar surface area (TPSA) is 73.6 Å². The molecule has 0 fully saturated rings. The Morgan fingerprint density at radius 3 is 2.94 bits per heavy atom. The minimum absolute atomic E-state index is 0.0288. The molecule has 0 spiro atoms. The molecule has 1 amide bonds. The fraction of sp³-hybridized carbons (Fsp3) is 0.417. The van der Waals surface area contributed by atoms with E-state index >= 15 is 0 Å². The maximum atomic E-state index is 11.1. The third-order valence-corrected chi connectivity index (χ3v) is 2.06. The summed E-state index contributed by atoms with van der Waals surface area (Å²) in [4.78, 5) is 11.1. The molecule has 17 heavy (non-hydrogen) atoms. The van der Waals surface area contributed by atoms with Crippen LogP contribution >= 0.6 is 0 Å². The second kappa shape index (κ2) is 7.65. The zero-order valence-electron chi connectivity index (χ0n) is 9.94. The normalized spacial score (nSPS) is 10.0. The zero-order chi connectivity index (χ0) is 12.5. The highest BCUT2D eigenvalue weighted by atomic mass is 16.5. The first-order chi connectivity index (χ1) is 8.26. The number of carbonyl (C=O) groups is 1. The third-order valence-electron chi connectivity index (χ3n) is 2.06. The number of hydrogen-bond donors (Lipinski definition) is 2. The van der Waals surface area contributed by atoms with Crippen molar-refractivity contribution in [3.8, 4) is 5.75 Å². The number of rotatable bonds is 7. The van der Waals surface area contributed by atoms with Gasteiger partial charge in [-0.2, -0.15) is 0 Å². The highest BCUT2D eigenvalue weighted by Gasteiger charge is 2.00. The van der Waals surface area contributed by atoms with E-state index in [1.54, 1.807) is 19.2 Å². The molecule has 1 rings (SSSR count). The minimum atomic E-state index is -0.221. The van der Waals surface area contributed by atoms with Crippen molar-refractivity contribution in [2.45, 2.75) is 6.42 Å². The molecular weight excluding hydrogens is 220 g/mol. The summed E-state index contributed by atoms with van der Waals surface area (Å²) in [5, 5.41) is 2.66. The van der Waals surface area contributed by atoms with Crippen LogP contribution in [0, 0.1) is 0 Å². The molecule has 0 radical (unpaired) electrons. The molecule has 0 aliphatic rings. The smallest absolute Gasteiger partial charge is 0.238 e. The lowest BCUT2D eigenvalue weighted by atomic mass is 10.3. The SMILES string of the molecule is COCCCOc1cccc(NC(=O)CN)c1. The molecule has 0 unspecified atom stereocenters. The predicted molar refractivity (Wildman–Crippen MR) is 66.1 cm³/mol. The number of anilines is 1. The first-order valence-electron chi connectivity index (χ1n) is 5.48. The van der Waals surface area contributed by atoms with Crippen LogP contribution in [0.4, 0.5) is 5.69 Å². The van der Waals surface area contributed by atoms with E-state index in [0.29, 0.717) is 18.9 Å². The Labute approximate surface area is 101 Å². The van der Waals surface area contributed by atoms with Gasteiger partial charge in [-0.25, -0.2) is 0 Å². The molecule has 0 saturated heterocycles. The van der Waals surface area contributed by atoms with E-state index in [-0.39, 0.29) is 12.5 Å². The lowest BCUT2D eigenvalue weighted by Gasteiger charge is -2.08. The van der Waals surface area contributed by atoms with Gasteiger partial charge in [0.05, 0.1) is 13.2 Å². The van der Waals surface area contributed by atoms with E-state index in [1.807, 2.05) is 12.1 Å². The molecule has 3 N–H and O–H groups in total. The van der Waals surface area contributed by atoms with E-state index in [2.05, 4.69) is 5.32 Å². The van der Waals surface area contributed by atoms with Gasteiger partial charge in [0.1, 0.15) is 5.75 Å². The van der Waals surface area contributed by atoms with Crippen LogP contribution in [-0.2, 0) is 9.53 Å². The monoisotopic (exact) mass is 238 g/mol. The molecule has 0 aliphatic heterocycles. The van der Waals surface area contributed by atoms with Gasteiger partial charge in [-0.15, -0.1) is 0 Å². The van der Waals surface area contributed by atoms with Crippen molar-refractivity contribution in [3.05, 3.63) is 24.3 Å². The summed E-state index contributed by atoms with van der Waals surface area (Å²) >= 11 is 0. The van der Waals surface area contributed by atoms with Gasteiger partial charge >= 0.3 is 0 Å². The molecule has 1 aromatic carbocycles. The summed E-state index contributed by atoms with van der Waals surface area (Å²) in [6, 6.07) is 7.21. The number of carbonyl (C=O) groups excluding carboxylic acids is 1. The van der Waals surface area contributed by atoms with E-state index in [0.717, 1.165) is 12.2 Å². The number of amides is 1. The maximum Gasteiger partial charge on any atom is 0.238 e. The van der Waals surface area contributed by atoms with E-state index in [9.17, 15) is 4.79 Å². The Morgan fingerprint density at radius 1 is 1.41 bits per heavy atom. The Kier molecular flexibility index (Phi) is 6.06. The second-order valence-electron chi connectivity index (χ2n) is 3.47. The van der Waals surface area contributed by atoms with E-state index in [4.69, 9.17) is 15.2 Å². The fourth-order valence-electron chi connectivity index (χ4n) is 1.27. The van der Waals surface area contributed by atoms with Gasteiger partial charge in [0.2, 0.25) is 5.91 Å². The lowest BCUT2D eigenvalue weighted by Crippen LogP contribution is -2.21. The van der Waals surface area contributed by atoms with Crippen molar-refractivity contribution in [3.63, 3.8) is 0 Å². The van der Waals surface area contributed by atoms with Crippen LogP contribution in [0.15, 0.2) is 24.3 Å². The van der Waals surface area contributed by atoms with Crippen molar-refractivity contribution < 1.29 is 14.3 Å². The van der Waals surface area contributed by atoms with Gasteiger partial charge in [-0.1, -0.05) is 6.07 Å². The number of benzene rings is 1. The van der Waals surface area contributed by atoms with Crippen molar-refractivity contribution in [1.29, 1.82) is 0 Å². The average molecular weight is 238 g/mol. The number of hydrogen-bond acceptors (Lipinski definition) is 4. The summed E-state index contributed by atoms with van der Waals surface area (Å²) in [5.41, 5.74) is 5.90. The van der Waals surface area contributed by atoms with Gasteiger partial charge < -0.3 is 20.5 Å². The number of nitrogens with two attached hydrogens (primary N) is 1. The Hall–Kier alpha value is -1.59. The quantitative estimate of drug-likeness (QED) is 0.695. The number of ether oxygens (including phenoxy) is 2. The summed E-state index contributed by atoms with van der Waals surface area (Å²) in [6.07, 6.45) is 0.829. The van der Waals surface area contributed by atoms with Crippen LogP contribution in [0.5, 0.6) is 5.75 Å². The largest absolute Gasteiger partial charge is 0.493 e. The second-order valence-corrected chi connectivity index (χ2v) is 3.47.